The predicted octanol–water partition coefficient (Wildman–Crippen LogP) is 5.19. The van der Waals surface area contributed by atoms with E-state index in [1.807, 2.05) is 25.1 Å². The van der Waals surface area contributed by atoms with Crippen LogP contribution in [0, 0.1) is 12.7 Å². The van der Waals surface area contributed by atoms with Crippen molar-refractivity contribution in [2.45, 2.75) is 33.4 Å². The monoisotopic (exact) mass is 351 g/mol. The standard InChI is InChI=1S/C17H19BrFNO/c1-11(2)20-10-13-9-14(18)4-6-17(13)21-16-7-5-15(19)8-12(16)3/h4-9,11,20H,10H2,1-3H3. The second-order valence-electron chi connectivity index (χ2n) is 5.30. The molecule has 2 aromatic carbocycles. The maximum Gasteiger partial charge on any atom is 0.132 e. The summed E-state index contributed by atoms with van der Waals surface area (Å²) in [5.41, 5.74) is 1.84. The van der Waals surface area contributed by atoms with Crippen LogP contribution in [-0.2, 0) is 6.54 Å². The van der Waals surface area contributed by atoms with Gasteiger partial charge in [0.15, 0.2) is 0 Å². The lowest BCUT2D eigenvalue weighted by Crippen LogP contribution is -2.22. The van der Waals surface area contributed by atoms with Gasteiger partial charge in [0, 0.05) is 22.6 Å². The highest BCUT2D eigenvalue weighted by atomic mass is 79.9. The number of hydrogen-bond acceptors (Lipinski definition) is 2. The zero-order valence-electron chi connectivity index (χ0n) is 12.4. The minimum absolute atomic E-state index is 0.252. The summed E-state index contributed by atoms with van der Waals surface area (Å²) in [6.45, 7) is 6.75. The molecular formula is C17H19BrFNO. The number of rotatable bonds is 5. The molecule has 112 valence electrons. The lowest BCUT2D eigenvalue weighted by atomic mass is 10.1. The van der Waals surface area contributed by atoms with Crippen molar-refractivity contribution in [3.05, 3.63) is 57.8 Å². The Labute approximate surface area is 133 Å². The van der Waals surface area contributed by atoms with Crippen LogP contribution in [0.4, 0.5) is 4.39 Å². The van der Waals surface area contributed by atoms with E-state index in [4.69, 9.17) is 4.74 Å². The van der Waals surface area contributed by atoms with Crippen LogP contribution in [0.1, 0.15) is 25.0 Å². The number of ether oxygens (including phenoxy) is 1. The van der Waals surface area contributed by atoms with Gasteiger partial charge in [-0.15, -0.1) is 0 Å². The van der Waals surface area contributed by atoms with Crippen LogP contribution in [0.2, 0.25) is 0 Å². The van der Waals surface area contributed by atoms with Crippen LogP contribution in [0.5, 0.6) is 11.5 Å². The van der Waals surface area contributed by atoms with E-state index in [1.165, 1.54) is 12.1 Å². The summed E-state index contributed by atoms with van der Waals surface area (Å²) in [4.78, 5) is 0. The van der Waals surface area contributed by atoms with E-state index in [2.05, 4.69) is 35.1 Å². The number of halogens is 2. The summed E-state index contributed by atoms with van der Waals surface area (Å²) in [6, 6.07) is 10.8. The minimum Gasteiger partial charge on any atom is -0.457 e. The van der Waals surface area contributed by atoms with Gasteiger partial charge in [0.2, 0.25) is 0 Å². The molecule has 0 heterocycles. The number of aryl methyl sites for hydroxylation is 1. The molecule has 0 amide bonds. The Balaban J connectivity index is 2.26. The van der Waals surface area contributed by atoms with Crippen molar-refractivity contribution >= 4 is 15.9 Å². The molecule has 0 fully saturated rings. The first kappa shape index (κ1) is 16.0. The lowest BCUT2D eigenvalue weighted by Gasteiger charge is -2.15. The molecule has 0 bridgehead atoms. The number of nitrogens with one attached hydrogen (secondary N) is 1. The van der Waals surface area contributed by atoms with Crippen LogP contribution in [0.15, 0.2) is 40.9 Å². The van der Waals surface area contributed by atoms with E-state index in [1.54, 1.807) is 6.07 Å². The fourth-order valence-electron chi connectivity index (χ4n) is 1.95. The zero-order chi connectivity index (χ0) is 15.4. The molecule has 1 N–H and O–H groups in total. The highest BCUT2D eigenvalue weighted by Gasteiger charge is 2.09. The summed E-state index contributed by atoms with van der Waals surface area (Å²) >= 11 is 3.48. The molecule has 2 aromatic rings. The van der Waals surface area contributed by atoms with Gasteiger partial charge in [-0.2, -0.15) is 0 Å². The molecule has 0 saturated heterocycles. The molecule has 0 spiro atoms. The Morgan fingerprint density at radius 1 is 1.14 bits per heavy atom. The van der Waals surface area contributed by atoms with Crippen molar-refractivity contribution in [1.82, 2.24) is 5.32 Å². The van der Waals surface area contributed by atoms with Crippen molar-refractivity contribution in [2.24, 2.45) is 0 Å². The fraction of sp³-hybridized carbons (Fsp3) is 0.294. The van der Waals surface area contributed by atoms with E-state index in [0.717, 1.165) is 21.3 Å². The van der Waals surface area contributed by atoms with Crippen LogP contribution < -0.4 is 10.1 Å². The van der Waals surface area contributed by atoms with Crippen LogP contribution >= 0.6 is 15.9 Å². The Bertz CT molecular complexity index is 628. The molecule has 2 rings (SSSR count). The van der Waals surface area contributed by atoms with E-state index >= 15 is 0 Å². The second-order valence-corrected chi connectivity index (χ2v) is 6.22. The highest BCUT2D eigenvalue weighted by molar-refractivity contribution is 9.10. The molecule has 0 unspecified atom stereocenters. The zero-order valence-corrected chi connectivity index (χ0v) is 14.0. The van der Waals surface area contributed by atoms with Gasteiger partial charge < -0.3 is 10.1 Å². The summed E-state index contributed by atoms with van der Waals surface area (Å²) < 4.78 is 20.1. The number of hydrogen-bond donors (Lipinski definition) is 1. The Kier molecular flexibility index (Phi) is 5.37. The third kappa shape index (κ3) is 4.55. The van der Waals surface area contributed by atoms with Gasteiger partial charge in [0.05, 0.1) is 0 Å². The van der Waals surface area contributed by atoms with Gasteiger partial charge in [-0.3, -0.25) is 0 Å². The summed E-state index contributed by atoms with van der Waals surface area (Å²) in [5.74, 6) is 1.20. The van der Waals surface area contributed by atoms with Gasteiger partial charge in [-0.1, -0.05) is 29.8 Å². The van der Waals surface area contributed by atoms with Crippen molar-refractivity contribution in [3.63, 3.8) is 0 Å². The van der Waals surface area contributed by atoms with E-state index in [-0.39, 0.29) is 5.82 Å². The maximum absolute atomic E-state index is 13.2. The first-order chi connectivity index (χ1) is 9.95. The van der Waals surface area contributed by atoms with Gasteiger partial charge in [-0.25, -0.2) is 4.39 Å². The summed E-state index contributed by atoms with van der Waals surface area (Å²) in [7, 11) is 0. The van der Waals surface area contributed by atoms with Crippen molar-refractivity contribution < 1.29 is 9.13 Å². The molecule has 0 atom stereocenters. The average Bonchev–Trinajstić information content (AvgIpc) is 2.41. The van der Waals surface area contributed by atoms with Crippen LogP contribution in [0.3, 0.4) is 0 Å². The van der Waals surface area contributed by atoms with E-state index in [0.29, 0.717) is 18.3 Å². The van der Waals surface area contributed by atoms with Gasteiger partial charge in [0.1, 0.15) is 17.3 Å². The Morgan fingerprint density at radius 3 is 2.52 bits per heavy atom. The predicted molar refractivity (Wildman–Crippen MR) is 87.3 cm³/mol. The largest absolute Gasteiger partial charge is 0.457 e. The Hall–Kier alpha value is -1.39. The van der Waals surface area contributed by atoms with Crippen molar-refractivity contribution in [1.29, 1.82) is 0 Å². The third-order valence-electron chi connectivity index (χ3n) is 3.08. The van der Waals surface area contributed by atoms with E-state index < -0.39 is 0 Å². The second kappa shape index (κ2) is 7.05. The quantitative estimate of drug-likeness (QED) is 0.800. The van der Waals surface area contributed by atoms with Crippen molar-refractivity contribution in [3.8, 4) is 11.5 Å². The highest BCUT2D eigenvalue weighted by Crippen LogP contribution is 2.30. The average molecular weight is 352 g/mol. The van der Waals surface area contributed by atoms with E-state index in [9.17, 15) is 4.39 Å². The molecule has 0 aliphatic carbocycles. The van der Waals surface area contributed by atoms with Crippen molar-refractivity contribution in [2.75, 3.05) is 0 Å². The first-order valence-corrected chi connectivity index (χ1v) is 7.71. The van der Waals surface area contributed by atoms with Gasteiger partial charge in [0.25, 0.3) is 0 Å². The molecule has 0 aromatic heterocycles. The number of benzene rings is 2. The van der Waals surface area contributed by atoms with Gasteiger partial charge in [-0.05, 0) is 48.9 Å². The SMILES string of the molecule is Cc1cc(F)ccc1Oc1ccc(Br)cc1CNC(C)C. The molecule has 0 radical (unpaired) electrons. The maximum atomic E-state index is 13.2. The smallest absolute Gasteiger partial charge is 0.132 e. The Morgan fingerprint density at radius 2 is 1.86 bits per heavy atom. The summed E-state index contributed by atoms with van der Waals surface area (Å²) in [5, 5.41) is 3.38. The molecule has 21 heavy (non-hydrogen) atoms. The van der Waals surface area contributed by atoms with Gasteiger partial charge >= 0.3 is 0 Å². The topological polar surface area (TPSA) is 21.3 Å². The lowest BCUT2D eigenvalue weighted by molar-refractivity contribution is 0.464. The molecule has 0 aliphatic heterocycles. The molecule has 0 aliphatic rings. The normalized spacial score (nSPS) is 11.0. The molecule has 0 saturated carbocycles. The van der Waals surface area contributed by atoms with Crippen LogP contribution in [0.25, 0.3) is 0 Å². The first-order valence-electron chi connectivity index (χ1n) is 6.91. The minimum atomic E-state index is -0.252. The molecule has 2 nitrogen and oxygen atoms in total. The van der Waals surface area contributed by atoms with Crippen LogP contribution in [-0.4, -0.2) is 6.04 Å². The summed E-state index contributed by atoms with van der Waals surface area (Å²) in [6.07, 6.45) is 0. The molecular weight excluding hydrogens is 333 g/mol. The third-order valence-corrected chi connectivity index (χ3v) is 3.57. The fourth-order valence-corrected chi connectivity index (χ4v) is 2.35. The molecule has 4 heteroatoms.